The Morgan fingerprint density at radius 2 is 1.52 bits per heavy atom. The van der Waals surface area contributed by atoms with Gasteiger partial charge in [0.2, 0.25) is 0 Å². The molecule has 1 atom stereocenters. The molecule has 2 aromatic carbocycles. The van der Waals surface area contributed by atoms with Crippen molar-refractivity contribution in [2.45, 2.75) is 33.7 Å². The molecule has 1 unspecified atom stereocenters. The highest BCUT2D eigenvalue weighted by molar-refractivity contribution is 9.10. The molecule has 0 heterocycles. The fraction of sp³-hybridized carbons (Fsp3) is 0.294. The number of rotatable bonds is 3. The first-order valence-electron chi connectivity index (χ1n) is 6.78. The third-order valence-electron chi connectivity index (χ3n) is 3.73. The lowest BCUT2D eigenvalue weighted by Crippen LogP contribution is -2.10. The first-order chi connectivity index (χ1) is 9.79. The standard InChI is InChI=1S/C17H18BrF2N/c1-9-5-11(3)13(6-10(9)2)12(4)21-17-7-14(18)15(19)8-16(17)20/h5-8,12,21H,1-4H3. The molecule has 0 fully saturated rings. The number of hydrogen-bond donors (Lipinski definition) is 1. The van der Waals surface area contributed by atoms with E-state index in [9.17, 15) is 8.78 Å². The molecule has 0 aliphatic carbocycles. The Balaban J connectivity index is 2.32. The summed E-state index contributed by atoms with van der Waals surface area (Å²) in [5, 5.41) is 3.11. The van der Waals surface area contributed by atoms with Crippen molar-refractivity contribution in [3.05, 3.63) is 62.6 Å². The van der Waals surface area contributed by atoms with Gasteiger partial charge in [-0.2, -0.15) is 0 Å². The number of halogens is 3. The second-order valence-corrected chi connectivity index (χ2v) is 6.26. The van der Waals surface area contributed by atoms with Crippen LogP contribution in [0.3, 0.4) is 0 Å². The van der Waals surface area contributed by atoms with Gasteiger partial charge in [0.1, 0.15) is 11.6 Å². The Kier molecular flexibility index (Phi) is 4.67. The topological polar surface area (TPSA) is 12.0 Å². The van der Waals surface area contributed by atoms with Crippen LogP contribution in [0.5, 0.6) is 0 Å². The molecule has 2 aromatic rings. The van der Waals surface area contributed by atoms with Gasteiger partial charge in [-0.3, -0.25) is 0 Å². The molecule has 0 aliphatic rings. The molecule has 112 valence electrons. The van der Waals surface area contributed by atoms with Crippen LogP contribution in [0.2, 0.25) is 0 Å². The van der Waals surface area contributed by atoms with Crippen LogP contribution in [0.15, 0.2) is 28.7 Å². The van der Waals surface area contributed by atoms with E-state index in [1.54, 1.807) is 0 Å². The highest BCUT2D eigenvalue weighted by Crippen LogP contribution is 2.29. The number of aryl methyl sites for hydroxylation is 3. The van der Waals surface area contributed by atoms with Gasteiger partial charge in [-0.25, -0.2) is 8.78 Å². The molecule has 4 heteroatoms. The average Bonchev–Trinajstić information content (AvgIpc) is 2.40. The maximum absolute atomic E-state index is 13.8. The molecular weight excluding hydrogens is 336 g/mol. The lowest BCUT2D eigenvalue weighted by Gasteiger charge is -2.20. The zero-order valence-corrected chi connectivity index (χ0v) is 14.1. The van der Waals surface area contributed by atoms with Gasteiger partial charge in [0, 0.05) is 12.1 Å². The highest BCUT2D eigenvalue weighted by Gasteiger charge is 2.14. The fourth-order valence-corrected chi connectivity index (χ4v) is 2.74. The van der Waals surface area contributed by atoms with Crippen molar-refractivity contribution in [1.29, 1.82) is 0 Å². The molecule has 0 amide bonds. The first-order valence-corrected chi connectivity index (χ1v) is 7.57. The van der Waals surface area contributed by atoms with Gasteiger partial charge in [0.05, 0.1) is 10.2 Å². The summed E-state index contributed by atoms with van der Waals surface area (Å²) in [7, 11) is 0. The number of benzene rings is 2. The van der Waals surface area contributed by atoms with Crippen LogP contribution in [-0.2, 0) is 0 Å². The number of nitrogens with one attached hydrogen (secondary N) is 1. The average molecular weight is 354 g/mol. The summed E-state index contributed by atoms with van der Waals surface area (Å²) in [6, 6.07) is 6.47. The molecular formula is C17H18BrF2N. The van der Waals surface area contributed by atoms with Crippen molar-refractivity contribution in [3.63, 3.8) is 0 Å². The van der Waals surface area contributed by atoms with Crippen LogP contribution in [0.4, 0.5) is 14.5 Å². The van der Waals surface area contributed by atoms with E-state index in [4.69, 9.17) is 0 Å². The molecule has 21 heavy (non-hydrogen) atoms. The van der Waals surface area contributed by atoms with E-state index in [1.165, 1.54) is 17.2 Å². The van der Waals surface area contributed by atoms with Gasteiger partial charge in [-0.05, 0) is 71.9 Å². The minimum atomic E-state index is -0.604. The van der Waals surface area contributed by atoms with E-state index < -0.39 is 11.6 Å². The van der Waals surface area contributed by atoms with Crippen LogP contribution in [0.1, 0.15) is 35.2 Å². The summed E-state index contributed by atoms with van der Waals surface area (Å²) in [5.74, 6) is -1.20. The number of hydrogen-bond acceptors (Lipinski definition) is 1. The largest absolute Gasteiger partial charge is 0.376 e. The van der Waals surface area contributed by atoms with E-state index >= 15 is 0 Å². The molecule has 1 N–H and O–H groups in total. The first kappa shape index (κ1) is 16.0. The third-order valence-corrected chi connectivity index (χ3v) is 4.34. The summed E-state index contributed by atoms with van der Waals surface area (Å²) in [5.41, 5.74) is 4.98. The minimum Gasteiger partial charge on any atom is -0.376 e. The molecule has 0 radical (unpaired) electrons. The maximum Gasteiger partial charge on any atom is 0.149 e. The van der Waals surface area contributed by atoms with Crippen molar-refractivity contribution in [1.82, 2.24) is 0 Å². The third kappa shape index (κ3) is 3.43. The van der Waals surface area contributed by atoms with Crippen LogP contribution in [-0.4, -0.2) is 0 Å². The SMILES string of the molecule is Cc1cc(C)c(C(C)Nc2cc(Br)c(F)cc2F)cc1C. The van der Waals surface area contributed by atoms with E-state index in [-0.39, 0.29) is 16.2 Å². The van der Waals surface area contributed by atoms with Crippen molar-refractivity contribution in [2.75, 3.05) is 5.32 Å². The summed E-state index contributed by atoms with van der Waals surface area (Å²) >= 11 is 3.08. The van der Waals surface area contributed by atoms with Crippen molar-refractivity contribution in [2.24, 2.45) is 0 Å². The quantitative estimate of drug-likeness (QED) is 0.685. The van der Waals surface area contributed by atoms with Crippen molar-refractivity contribution >= 4 is 21.6 Å². The summed E-state index contributed by atoms with van der Waals surface area (Å²) in [4.78, 5) is 0. The molecule has 0 saturated heterocycles. The van der Waals surface area contributed by atoms with Crippen LogP contribution in [0, 0.1) is 32.4 Å². The van der Waals surface area contributed by atoms with Crippen molar-refractivity contribution < 1.29 is 8.78 Å². The van der Waals surface area contributed by atoms with Gasteiger partial charge < -0.3 is 5.32 Å². The summed E-state index contributed by atoms with van der Waals surface area (Å²) in [6.45, 7) is 8.13. The lowest BCUT2D eigenvalue weighted by molar-refractivity contribution is 0.579. The Hall–Kier alpha value is -1.42. The molecule has 0 spiro atoms. The van der Waals surface area contributed by atoms with Gasteiger partial charge >= 0.3 is 0 Å². The van der Waals surface area contributed by atoms with Gasteiger partial charge in [-0.15, -0.1) is 0 Å². The van der Waals surface area contributed by atoms with Crippen LogP contribution in [0.25, 0.3) is 0 Å². The van der Waals surface area contributed by atoms with Gasteiger partial charge in [0.15, 0.2) is 0 Å². The summed E-state index contributed by atoms with van der Waals surface area (Å²) in [6.07, 6.45) is 0. The Labute approximate surface area is 132 Å². The molecule has 2 rings (SSSR count). The second-order valence-electron chi connectivity index (χ2n) is 5.41. The van der Waals surface area contributed by atoms with E-state index in [0.717, 1.165) is 17.2 Å². The smallest absolute Gasteiger partial charge is 0.149 e. The Morgan fingerprint density at radius 3 is 2.19 bits per heavy atom. The molecule has 0 saturated carbocycles. The van der Waals surface area contributed by atoms with Gasteiger partial charge in [0.25, 0.3) is 0 Å². The Bertz CT molecular complexity index is 683. The minimum absolute atomic E-state index is 0.0730. The second kappa shape index (κ2) is 6.14. The normalized spacial score (nSPS) is 12.3. The van der Waals surface area contributed by atoms with E-state index in [1.807, 2.05) is 13.8 Å². The zero-order chi connectivity index (χ0) is 15.7. The molecule has 0 aliphatic heterocycles. The van der Waals surface area contributed by atoms with E-state index in [0.29, 0.717) is 0 Å². The highest BCUT2D eigenvalue weighted by atomic mass is 79.9. The summed E-state index contributed by atoms with van der Waals surface area (Å²) < 4.78 is 27.3. The van der Waals surface area contributed by atoms with E-state index in [2.05, 4.69) is 47.2 Å². The van der Waals surface area contributed by atoms with Gasteiger partial charge in [-0.1, -0.05) is 12.1 Å². The van der Waals surface area contributed by atoms with Crippen LogP contribution >= 0.6 is 15.9 Å². The molecule has 1 nitrogen and oxygen atoms in total. The Morgan fingerprint density at radius 1 is 0.905 bits per heavy atom. The predicted molar refractivity (Wildman–Crippen MR) is 86.7 cm³/mol. The molecule has 0 bridgehead atoms. The van der Waals surface area contributed by atoms with Crippen molar-refractivity contribution in [3.8, 4) is 0 Å². The van der Waals surface area contributed by atoms with Crippen LogP contribution < -0.4 is 5.32 Å². The zero-order valence-electron chi connectivity index (χ0n) is 12.5. The number of anilines is 1. The predicted octanol–water partition coefficient (Wildman–Crippen LogP) is 5.83. The lowest BCUT2D eigenvalue weighted by atomic mass is 9.96. The monoisotopic (exact) mass is 353 g/mol. The fourth-order valence-electron chi connectivity index (χ4n) is 2.39. The maximum atomic E-state index is 13.8. The molecule has 0 aromatic heterocycles.